The predicted octanol–water partition coefficient (Wildman–Crippen LogP) is 4.78. The largest absolute Gasteiger partial charge is 0.188 e. The van der Waals surface area contributed by atoms with Crippen LogP contribution in [0.4, 0.5) is 11.4 Å². The molecule has 2 aromatic carbocycles. The summed E-state index contributed by atoms with van der Waals surface area (Å²) in [6.45, 7) is 2.17. The molecule has 0 N–H and O–H groups in total. The van der Waals surface area contributed by atoms with Gasteiger partial charge in [0.25, 0.3) is 0 Å². The molecule has 0 bridgehead atoms. The fourth-order valence-electron chi connectivity index (χ4n) is 1.74. The molecule has 0 amide bonds. The second kappa shape index (κ2) is 6.53. The molecule has 2 heteroatoms. The lowest BCUT2D eigenvalue weighted by atomic mass is 10.1. The summed E-state index contributed by atoms with van der Waals surface area (Å²) in [5.41, 5.74) is 3.07. The van der Waals surface area contributed by atoms with E-state index in [1.807, 2.05) is 48.5 Å². The maximum atomic E-state index is 4.30. The zero-order chi connectivity index (χ0) is 12.6. The fourth-order valence-corrected chi connectivity index (χ4v) is 1.74. The van der Waals surface area contributed by atoms with Gasteiger partial charge in [-0.05, 0) is 30.2 Å². The van der Waals surface area contributed by atoms with Crippen LogP contribution >= 0.6 is 0 Å². The van der Waals surface area contributed by atoms with Crippen molar-refractivity contribution in [2.24, 2.45) is 9.98 Å². The molecule has 0 fully saturated rings. The molecule has 2 aromatic rings. The lowest BCUT2D eigenvalue weighted by Crippen LogP contribution is -1.82. The van der Waals surface area contributed by atoms with Gasteiger partial charge in [0, 0.05) is 0 Å². The molecule has 18 heavy (non-hydrogen) atoms. The Morgan fingerprint density at radius 3 is 2.39 bits per heavy atom. The summed E-state index contributed by atoms with van der Waals surface area (Å²) < 4.78 is 0. The molecular weight excluding hydrogens is 220 g/mol. The van der Waals surface area contributed by atoms with Crippen LogP contribution in [-0.4, -0.2) is 6.01 Å². The van der Waals surface area contributed by atoms with Crippen molar-refractivity contribution in [2.45, 2.75) is 19.8 Å². The van der Waals surface area contributed by atoms with Crippen LogP contribution in [0.3, 0.4) is 0 Å². The Kier molecular flexibility index (Phi) is 4.46. The van der Waals surface area contributed by atoms with Crippen molar-refractivity contribution in [1.82, 2.24) is 0 Å². The van der Waals surface area contributed by atoms with Gasteiger partial charge in [-0.25, -0.2) is 0 Å². The van der Waals surface area contributed by atoms with E-state index in [1.54, 1.807) is 0 Å². The first-order chi connectivity index (χ1) is 8.90. The number of rotatable bonds is 4. The second-order valence-corrected chi connectivity index (χ2v) is 4.04. The van der Waals surface area contributed by atoms with Crippen LogP contribution in [0.25, 0.3) is 0 Å². The van der Waals surface area contributed by atoms with Crippen molar-refractivity contribution in [2.75, 3.05) is 0 Å². The van der Waals surface area contributed by atoms with E-state index in [1.165, 1.54) is 5.56 Å². The molecule has 0 heterocycles. The molecule has 0 saturated heterocycles. The summed E-state index contributed by atoms with van der Waals surface area (Å²) in [6, 6.07) is 20.6. The van der Waals surface area contributed by atoms with Crippen LogP contribution in [0, 0.1) is 0 Å². The molecule has 0 aliphatic carbocycles. The minimum Gasteiger partial charge on any atom is -0.188 e. The fraction of sp³-hybridized carbons (Fsp3) is 0.188. The normalized spacial score (nSPS) is 9.61. The average molecular weight is 236 g/mol. The van der Waals surface area contributed by atoms with E-state index in [9.17, 15) is 0 Å². The molecule has 0 aromatic heterocycles. The Labute approximate surface area is 108 Å². The SMILES string of the molecule is CCCc1ccccc1N=C=Nc1ccccc1. The second-order valence-electron chi connectivity index (χ2n) is 4.04. The highest BCUT2D eigenvalue weighted by Crippen LogP contribution is 2.19. The van der Waals surface area contributed by atoms with E-state index in [0.717, 1.165) is 24.2 Å². The Bertz CT molecular complexity index is 552. The van der Waals surface area contributed by atoms with Gasteiger partial charge in [0.15, 0.2) is 0 Å². The number of hydrogen-bond acceptors (Lipinski definition) is 2. The summed E-state index contributed by atoms with van der Waals surface area (Å²) in [5.74, 6) is 0. The van der Waals surface area contributed by atoms with E-state index >= 15 is 0 Å². The minimum absolute atomic E-state index is 0.870. The summed E-state index contributed by atoms with van der Waals surface area (Å²) in [4.78, 5) is 8.49. The zero-order valence-electron chi connectivity index (χ0n) is 10.5. The maximum Gasteiger partial charge on any atom is 0.100 e. The monoisotopic (exact) mass is 236 g/mol. The van der Waals surface area contributed by atoms with Crippen LogP contribution in [0.5, 0.6) is 0 Å². The summed E-state index contributed by atoms with van der Waals surface area (Å²) in [7, 11) is 0. The third-order valence-electron chi connectivity index (χ3n) is 2.62. The number of aryl methyl sites for hydroxylation is 1. The first-order valence-electron chi connectivity index (χ1n) is 6.19. The van der Waals surface area contributed by atoms with Crippen molar-refractivity contribution >= 4 is 17.4 Å². The van der Waals surface area contributed by atoms with Crippen LogP contribution in [0.1, 0.15) is 18.9 Å². The topological polar surface area (TPSA) is 24.7 Å². The van der Waals surface area contributed by atoms with Crippen LogP contribution < -0.4 is 0 Å². The van der Waals surface area contributed by atoms with Gasteiger partial charge in [0.05, 0.1) is 11.4 Å². The van der Waals surface area contributed by atoms with Crippen molar-refractivity contribution in [1.29, 1.82) is 0 Å². The average Bonchev–Trinajstić information content (AvgIpc) is 2.42. The molecule has 0 saturated carbocycles. The molecule has 2 nitrogen and oxygen atoms in total. The molecule has 0 atom stereocenters. The van der Waals surface area contributed by atoms with E-state index in [4.69, 9.17) is 0 Å². The van der Waals surface area contributed by atoms with Crippen LogP contribution in [-0.2, 0) is 6.42 Å². The van der Waals surface area contributed by atoms with E-state index in [0.29, 0.717) is 0 Å². The lowest BCUT2D eigenvalue weighted by molar-refractivity contribution is 0.922. The lowest BCUT2D eigenvalue weighted by Gasteiger charge is -2.00. The quantitative estimate of drug-likeness (QED) is 0.683. The van der Waals surface area contributed by atoms with Gasteiger partial charge in [-0.2, -0.15) is 9.98 Å². The Balaban J connectivity index is 2.21. The Hall–Kier alpha value is -2.18. The van der Waals surface area contributed by atoms with Crippen molar-refractivity contribution in [3.05, 3.63) is 60.2 Å². The third-order valence-corrected chi connectivity index (χ3v) is 2.62. The number of hydrogen-bond donors (Lipinski definition) is 0. The standard InChI is InChI=1S/C16H16N2/c1-2-8-14-9-6-7-12-16(14)18-13-17-15-10-4-3-5-11-15/h3-7,9-12H,2,8H2,1H3. The molecule has 0 unspecified atom stereocenters. The predicted molar refractivity (Wildman–Crippen MR) is 76.1 cm³/mol. The van der Waals surface area contributed by atoms with Crippen molar-refractivity contribution in [3.8, 4) is 0 Å². The summed E-state index contributed by atoms with van der Waals surface area (Å²) >= 11 is 0. The van der Waals surface area contributed by atoms with Crippen molar-refractivity contribution < 1.29 is 0 Å². The molecule has 0 radical (unpaired) electrons. The van der Waals surface area contributed by atoms with E-state index in [-0.39, 0.29) is 0 Å². The van der Waals surface area contributed by atoms with Gasteiger partial charge < -0.3 is 0 Å². The molecular formula is C16H16N2. The first kappa shape index (κ1) is 12.3. The number of para-hydroxylation sites is 2. The minimum atomic E-state index is 0.870. The van der Waals surface area contributed by atoms with E-state index in [2.05, 4.69) is 29.0 Å². The number of benzene rings is 2. The smallest absolute Gasteiger partial charge is 0.100 e. The van der Waals surface area contributed by atoms with Gasteiger partial charge >= 0.3 is 0 Å². The van der Waals surface area contributed by atoms with Gasteiger partial charge in [0.1, 0.15) is 6.01 Å². The van der Waals surface area contributed by atoms with Gasteiger partial charge in [-0.15, -0.1) is 0 Å². The van der Waals surface area contributed by atoms with Crippen LogP contribution in [0.2, 0.25) is 0 Å². The highest BCUT2D eigenvalue weighted by atomic mass is 14.8. The molecule has 0 aliphatic heterocycles. The van der Waals surface area contributed by atoms with E-state index < -0.39 is 0 Å². The Morgan fingerprint density at radius 1 is 0.889 bits per heavy atom. The summed E-state index contributed by atoms with van der Waals surface area (Å²) in [6.07, 6.45) is 2.15. The molecule has 2 rings (SSSR count). The summed E-state index contributed by atoms with van der Waals surface area (Å²) in [5, 5.41) is 0. The highest BCUT2D eigenvalue weighted by molar-refractivity contribution is 5.59. The molecule has 0 aliphatic rings. The highest BCUT2D eigenvalue weighted by Gasteiger charge is 1.97. The maximum absolute atomic E-state index is 4.30. The number of aliphatic imine (C=N–C) groups is 2. The van der Waals surface area contributed by atoms with Gasteiger partial charge in [0.2, 0.25) is 0 Å². The van der Waals surface area contributed by atoms with Crippen LogP contribution in [0.15, 0.2) is 64.6 Å². The molecule has 0 spiro atoms. The van der Waals surface area contributed by atoms with Gasteiger partial charge in [-0.1, -0.05) is 49.7 Å². The zero-order valence-corrected chi connectivity index (χ0v) is 10.5. The molecule has 90 valence electrons. The number of nitrogens with zero attached hydrogens (tertiary/aromatic N) is 2. The van der Waals surface area contributed by atoms with Crippen molar-refractivity contribution in [3.63, 3.8) is 0 Å². The van der Waals surface area contributed by atoms with Gasteiger partial charge in [-0.3, -0.25) is 0 Å². The Morgan fingerprint density at radius 2 is 1.61 bits per heavy atom. The third kappa shape index (κ3) is 3.41. The first-order valence-corrected chi connectivity index (χ1v) is 6.19.